The molecule has 1 atom stereocenters. The number of amides is 1. The number of aromatic nitrogens is 1. The van der Waals surface area contributed by atoms with E-state index in [-0.39, 0.29) is 22.3 Å². The smallest absolute Gasteiger partial charge is 0.254 e. The SMILES string of the molecule is CC(C)C(CN(C)C)NC(=O)c1ccc(Cl)nc1Cl. The molecule has 19 heavy (non-hydrogen) atoms. The number of pyridine rings is 1. The molecule has 1 N–H and O–H groups in total. The third kappa shape index (κ3) is 4.97. The van der Waals surface area contributed by atoms with E-state index >= 15 is 0 Å². The van der Waals surface area contributed by atoms with Gasteiger partial charge in [0.05, 0.1) is 5.56 Å². The minimum atomic E-state index is -0.227. The van der Waals surface area contributed by atoms with Crippen molar-refractivity contribution < 1.29 is 4.79 Å². The fourth-order valence-electron chi connectivity index (χ4n) is 1.64. The standard InChI is InChI=1S/C13H19Cl2N3O/c1-8(2)10(7-18(3)4)16-13(19)9-5-6-11(14)17-12(9)15/h5-6,8,10H,7H2,1-4H3,(H,16,19). The second kappa shape index (κ2) is 7.08. The Morgan fingerprint density at radius 3 is 2.47 bits per heavy atom. The first-order chi connectivity index (χ1) is 8.81. The fraction of sp³-hybridized carbons (Fsp3) is 0.538. The molecule has 0 aliphatic carbocycles. The molecule has 0 aliphatic rings. The van der Waals surface area contributed by atoms with Crippen LogP contribution in [0.2, 0.25) is 10.3 Å². The molecule has 1 amide bonds. The Labute approximate surface area is 124 Å². The molecule has 1 rings (SSSR count). The predicted molar refractivity (Wildman–Crippen MR) is 78.9 cm³/mol. The molecule has 0 spiro atoms. The zero-order valence-electron chi connectivity index (χ0n) is 11.6. The number of nitrogens with one attached hydrogen (secondary N) is 1. The van der Waals surface area contributed by atoms with Crippen LogP contribution in [-0.2, 0) is 0 Å². The lowest BCUT2D eigenvalue weighted by Gasteiger charge is -2.25. The highest BCUT2D eigenvalue weighted by atomic mass is 35.5. The second-order valence-corrected chi connectivity index (χ2v) is 5.80. The summed E-state index contributed by atoms with van der Waals surface area (Å²) < 4.78 is 0. The summed E-state index contributed by atoms with van der Waals surface area (Å²) >= 11 is 11.6. The van der Waals surface area contributed by atoms with Crippen molar-refractivity contribution in [2.45, 2.75) is 19.9 Å². The van der Waals surface area contributed by atoms with Gasteiger partial charge in [-0.2, -0.15) is 0 Å². The van der Waals surface area contributed by atoms with E-state index in [0.29, 0.717) is 11.5 Å². The van der Waals surface area contributed by atoms with Crippen molar-refractivity contribution >= 4 is 29.1 Å². The number of hydrogen-bond acceptors (Lipinski definition) is 3. The van der Waals surface area contributed by atoms with Crippen LogP contribution in [0.15, 0.2) is 12.1 Å². The first-order valence-electron chi connectivity index (χ1n) is 6.09. The van der Waals surface area contributed by atoms with Crippen LogP contribution in [0, 0.1) is 5.92 Å². The molecular weight excluding hydrogens is 285 g/mol. The van der Waals surface area contributed by atoms with Gasteiger partial charge in [0.1, 0.15) is 10.3 Å². The minimum absolute atomic E-state index is 0.0502. The zero-order chi connectivity index (χ0) is 14.6. The van der Waals surface area contributed by atoms with E-state index in [1.54, 1.807) is 12.1 Å². The zero-order valence-corrected chi connectivity index (χ0v) is 13.1. The van der Waals surface area contributed by atoms with Crippen molar-refractivity contribution in [2.75, 3.05) is 20.6 Å². The topological polar surface area (TPSA) is 45.2 Å². The van der Waals surface area contributed by atoms with Crippen LogP contribution in [0.1, 0.15) is 24.2 Å². The minimum Gasteiger partial charge on any atom is -0.348 e. The van der Waals surface area contributed by atoms with Gasteiger partial charge < -0.3 is 10.2 Å². The average molecular weight is 304 g/mol. The summed E-state index contributed by atoms with van der Waals surface area (Å²) in [7, 11) is 3.94. The van der Waals surface area contributed by atoms with Crippen molar-refractivity contribution in [3.63, 3.8) is 0 Å². The molecule has 106 valence electrons. The van der Waals surface area contributed by atoms with E-state index in [1.165, 1.54) is 0 Å². The lowest BCUT2D eigenvalue weighted by molar-refractivity contribution is 0.0916. The molecule has 1 unspecified atom stereocenters. The van der Waals surface area contributed by atoms with E-state index in [0.717, 1.165) is 6.54 Å². The van der Waals surface area contributed by atoms with Gasteiger partial charge in [-0.15, -0.1) is 0 Å². The summed E-state index contributed by atoms with van der Waals surface area (Å²) in [6.07, 6.45) is 0. The van der Waals surface area contributed by atoms with Crippen LogP contribution >= 0.6 is 23.2 Å². The van der Waals surface area contributed by atoms with Crippen LogP contribution in [0.5, 0.6) is 0 Å². The molecule has 1 aromatic rings. The summed E-state index contributed by atoms with van der Waals surface area (Å²) in [4.78, 5) is 18.1. The highest BCUT2D eigenvalue weighted by Crippen LogP contribution is 2.17. The van der Waals surface area contributed by atoms with Crippen molar-refractivity contribution in [3.8, 4) is 0 Å². The van der Waals surface area contributed by atoms with Gasteiger partial charge in [-0.05, 0) is 32.1 Å². The Balaban J connectivity index is 2.81. The van der Waals surface area contributed by atoms with Gasteiger partial charge in [0.15, 0.2) is 0 Å². The lowest BCUT2D eigenvalue weighted by atomic mass is 10.0. The quantitative estimate of drug-likeness (QED) is 0.851. The summed E-state index contributed by atoms with van der Waals surface area (Å²) in [6.45, 7) is 4.90. The maximum Gasteiger partial charge on any atom is 0.254 e. The molecule has 6 heteroatoms. The first-order valence-corrected chi connectivity index (χ1v) is 6.84. The largest absolute Gasteiger partial charge is 0.348 e. The van der Waals surface area contributed by atoms with E-state index in [4.69, 9.17) is 23.2 Å². The molecule has 0 fully saturated rings. The van der Waals surface area contributed by atoms with Gasteiger partial charge in [-0.1, -0.05) is 37.0 Å². The van der Waals surface area contributed by atoms with Crippen LogP contribution < -0.4 is 5.32 Å². The molecule has 1 aromatic heterocycles. The first kappa shape index (κ1) is 16.2. The molecule has 0 aliphatic heterocycles. The molecule has 0 aromatic carbocycles. The van der Waals surface area contributed by atoms with E-state index in [9.17, 15) is 4.79 Å². The van der Waals surface area contributed by atoms with Crippen molar-refractivity contribution in [1.29, 1.82) is 0 Å². The fourth-order valence-corrected chi connectivity index (χ4v) is 2.07. The van der Waals surface area contributed by atoms with Crippen LogP contribution in [0.4, 0.5) is 0 Å². The number of hydrogen-bond donors (Lipinski definition) is 1. The Bertz CT molecular complexity index is 450. The second-order valence-electron chi connectivity index (χ2n) is 5.06. The molecule has 0 saturated heterocycles. The molecule has 0 saturated carbocycles. The van der Waals surface area contributed by atoms with Crippen LogP contribution in [-0.4, -0.2) is 42.5 Å². The van der Waals surface area contributed by atoms with Gasteiger partial charge in [0.2, 0.25) is 0 Å². The summed E-state index contributed by atoms with van der Waals surface area (Å²) in [6, 6.07) is 3.19. The number of rotatable bonds is 5. The third-order valence-electron chi connectivity index (χ3n) is 2.74. The number of halogens is 2. The van der Waals surface area contributed by atoms with Crippen LogP contribution in [0.25, 0.3) is 0 Å². The Morgan fingerprint density at radius 1 is 1.37 bits per heavy atom. The number of nitrogens with zero attached hydrogens (tertiary/aromatic N) is 2. The van der Waals surface area contributed by atoms with Gasteiger partial charge in [-0.25, -0.2) is 4.98 Å². The lowest BCUT2D eigenvalue weighted by Crippen LogP contribution is -2.45. The summed E-state index contributed by atoms with van der Waals surface area (Å²) in [5.41, 5.74) is 0.343. The Hall–Kier alpha value is -0.840. The molecular formula is C13H19Cl2N3O. The Kier molecular flexibility index (Phi) is 6.04. The normalized spacial score (nSPS) is 12.8. The van der Waals surface area contributed by atoms with E-state index in [1.807, 2.05) is 19.0 Å². The summed E-state index contributed by atoms with van der Waals surface area (Å²) in [5.74, 6) is 0.0973. The van der Waals surface area contributed by atoms with Gasteiger partial charge >= 0.3 is 0 Å². The van der Waals surface area contributed by atoms with Crippen molar-refractivity contribution in [3.05, 3.63) is 28.0 Å². The predicted octanol–water partition coefficient (Wildman–Crippen LogP) is 2.70. The Morgan fingerprint density at radius 2 is 2.00 bits per heavy atom. The van der Waals surface area contributed by atoms with Gasteiger partial charge in [-0.3, -0.25) is 4.79 Å². The number of likely N-dealkylation sites (N-methyl/N-ethyl adjacent to an activating group) is 1. The van der Waals surface area contributed by atoms with Crippen molar-refractivity contribution in [1.82, 2.24) is 15.2 Å². The van der Waals surface area contributed by atoms with Gasteiger partial charge in [0, 0.05) is 12.6 Å². The van der Waals surface area contributed by atoms with Gasteiger partial charge in [0.25, 0.3) is 5.91 Å². The average Bonchev–Trinajstić information content (AvgIpc) is 2.26. The molecule has 4 nitrogen and oxygen atoms in total. The maximum atomic E-state index is 12.2. The maximum absolute atomic E-state index is 12.2. The summed E-state index contributed by atoms with van der Waals surface area (Å²) in [5, 5.41) is 3.37. The monoisotopic (exact) mass is 303 g/mol. The molecule has 0 bridgehead atoms. The third-order valence-corrected chi connectivity index (χ3v) is 3.24. The van der Waals surface area contributed by atoms with E-state index in [2.05, 4.69) is 24.1 Å². The van der Waals surface area contributed by atoms with Crippen molar-refractivity contribution in [2.24, 2.45) is 5.92 Å². The van der Waals surface area contributed by atoms with E-state index < -0.39 is 0 Å². The number of carbonyl (C=O) groups is 1. The highest BCUT2D eigenvalue weighted by Gasteiger charge is 2.19. The molecule has 1 heterocycles. The number of carbonyl (C=O) groups excluding carboxylic acids is 1. The van der Waals surface area contributed by atoms with Crippen LogP contribution in [0.3, 0.4) is 0 Å². The highest BCUT2D eigenvalue weighted by molar-refractivity contribution is 6.34. The molecule has 0 radical (unpaired) electrons.